The molecule has 1 amide bonds. The van der Waals surface area contributed by atoms with E-state index in [2.05, 4.69) is 20.1 Å². The van der Waals surface area contributed by atoms with Crippen molar-refractivity contribution in [3.63, 3.8) is 0 Å². The molecule has 0 aromatic carbocycles. The number of nitrogens with one attached hydrogen (secondary N) is 1. The fourth-order valence-electron chi connectivity index (χ4n) is 3.35. The monoisotopic (exact) mass is 391 g/mol. The van der Waals surface area contributed by atoms with E-state index in [9.17, 15) is 9.59 Å². The summed E-state index contributed by atoms with van der Waals surface area (Å²) in [4.78, 5) is 33.3. The average Bonchev–Trinajstić information content (AvgIpc) is 2.80. The van der Waals surface area contributed by atoms with Crippen LogP contribution in [-0.4, -0.2) is 63.9 Å². The minimum absolute atomic E-state index is 0.0707. The van der Waals surface area contributed by atoms with Crippen molar-refractivity contribution in [2.75, 3.05) is 32.7 Å². The van der Waals surface area contributed by atoms with Crippen LogP contribution < -0.4 is 10.9 Å². The molecule has 3 rings (SSSR count). The quantitative estimate of drug-likeness (QED) is 0.833. The number of nitrogens with zero attached hydrogens (tertiary/aromatic N) is 4. The van der Waals surface area contributed by atoms with Crippen molar-refractivity contribution in [3.8, 4) is 0 Å². The van der Waals surface area contributed by atoms with E-state index in [1.165, 1.54) is 4.40 Å². The lowest BCUT2D eigenvalue weighted by atomic mass is 10.3. The summed E-state index contributed by atoms with van der Waals surface area (Å²) in [5.41, 5.74) is 1.23. The van der Waals surface area contributed by atoms with Crippen molar-refractivity contribution in [3.05, 3.63) is 45.5 Å². The number of hydrogen-bond acceptors (Lipinski definition) is 5. The zero-order valence-corrected chi connectivity index (χ0v) is 16.6. The molecular weight excluding hydrogens is 366 g/mol. The van der Waals surface area contributed by atoms with Crippen molar-refractivity contribution >= 4 is 23.2 Å². The molecule has 0 spiro atoms. The van der Waals surface area contributed by atoms with E-state index in [0.29, 0.717) is 23.8 Å². The summed E-state index contributed by atoms with van der Waals surface area (Å²) in [6, 6.07) is 5.22. The Morgan fingerprint density at radius 3 is 2.74 bits per heavy atom. The fraction of sp³-hybridized carbons (Fsp3) is 0.526. The van der Waals surface area contributed by atoms with Gasteiger partial charge in [-0.1, -0.05) is 11.6 Å². The zero-order valence-electron chi connectivity index (χ0n) is 15.8. The molecule has 1 aliphatic heterocycles. The molecule has 0 bridgehead atoms. The van der Waals surface area contributed by atoms with Gasteiger partial charge in [0.2, 0.25) is 5.91 Å². The van der Waals surface area contributed by atoms with Crippen molar-refractivity contribution in [2.45, 2.75) is 32.9 Å². The van der Waals surface area contributed by atoms with E-state index in [0.717, 1.165) is 38.3 Å². The highest BCUT2D eigenvalue weighted by Crippen LogP contribution is 2.11. The van der Waals surface area contributed by atoms with Gasteiger partial charge in [0.25, 0.3) is 5.56 Å². The van der Waals surface area contributed by atoms with Gasteiger partial charge in [0.15, 0.2) is 0 Å². The van der Waals surface area contributed by atoms with Gasteiger partial charge >= 0.3 is 0 Å². The molecule has 1 aliphatic rings. The first-order chi connectivity index (χ1) is 12.9. The normalized spacial score (nSPS) is 16.6. The Morgan fingerprint density at radius 2 is 1.96 bits per heavy atom. The molecule has 146 valence electrons. The van der Waals surface area contributed by atoms with Crippen LogP contribution in [0.4, 0.5) is 0 Å². The Labute approximate surface area is 163 Å². The molecular formula is C19H26ClN5O2. The van der Waals surface area contributed by atoms with Crippen LogP contribution >= 0.6 is 11.6 Å². The van der Waals surface area contributed by atoms with Gasteiger partial charge in [-0.25, -0.2) is 4.98 Å². The SMILES string of the molecule is CC(C)NC(=O)CN1CCCN(Cc2cc(=O)n3cc(Cl)ccc3n2)CC1. The first kappa shape index (κ1) is 19.8. The number of carbonyl (C=O) groups excluding carboxylic acids is 1. The van der Waals surface area contributed by atoms with Gasteiger partial charge in [-0.05, 0) is 45.5 Å². The second kappa shape index (κ2) is 8.82. The number of carbonyl (C=O) groups is 1. The molecule has 2 aromatic rings. The number of rotatable bonds is 5. The third-order valence-electron chi connectivity index (χ3n) is 4.56. The molecule has 1 fully saturated rings. The number of aromatic nitrogens is 2. The van der Waals surface area contributed by atoms with Crippen molar-refractivity contribution in [2.24, 2.45) is 0 Å². The molecule has 8 heteroatoms. The maximum absolute atomic E-state index is 12.3. The van der Waals surface area contributed by atoms with Crippen molar-refractivity contribution in [1.29, 1.82) is 0 Å². The smallest absolute Gasteiger partial charge is 0.258 e. The molecule has 1 N–H and O–H groups in total. The Balaban J connectivity index is 1.62. The topological polar surface area (TPSA) is 70.0 Å². The Morgan fingerprint density at radius 1 is 1.22 bits per heavy atom. The van der Waals surface area contributed by atoms with Crippen LogP contribution in [0.5, 0.6) is 0 Å². The van der Waals surface area contributed by atoms with E-state index in [1.807, 2.05) is 13.8 Å². The van der Waals surface area contributed by atoms with E-state index >= 15 is 0 Å². The second-order valence-corrected chi connectivity index (χ2v) is 7.73. The molecule has 0 radical (unpaired) electrons. The molecule has 0 atom stereocenters. The number of halogens is 1. The Bertz CT molecular complexity index is 867. The maximum Gasteiger partial charge on any atom is 0.258 e. The highest BCUT2D eigenvalue weighted by atomic mass is 35.5. The first-order valence-electron chi connectivity index (χ1n) is 9.32. The molecule has 0 aliphatic carbocycles. The average molecular weight is 392 g/mol. The number of hydrogen-bond donors (Lipinski definition) is 1. The third kappa shape index (κ3) is 5.51. The van der Waals surface area contributed by atoms with Crippen LogP contribution in [0.3, 0.4) is 0 Å². The zero-order chi connectivity index (χ0) is 19.4. The summed E-state index contributed by atoms with van der Waals surface area (Å²) in [5.74, 6) is 0.0707. The van der Waals surface area contributed by atoms with Gasteiger partial charge < -0.3 is 5.32 Å². The molecule has 0 unspecified atom stereocenters. The summed E-state index contributed by atoms with van der Waals surface area (Å²) >= 11 is 5.95. The van der Waals surface area contributed by atoms with Crippen molar-refractivity contribution in [1.82, 2.24) is 24.5 Å². The Hall–Kier alpha value is -1.96. The van der Waals surface area contributed by atoms with Crippen LogP contribution in [0, 0.1) is 0 Å². The lowest BCUT2D eigenvalue weighted by molar-refractivity contribution is -0.122. The number of fused-ring (bicyclic) bond motifs is 1. The van der Waals surface area contributed by atoms with Crippen LogP contribution in [0.2, 0.25) is 5.02 Å². The van der Waals surface area contributed by atoms with E-state index in [4.69, 9.17) is 11.6 Å². The van der Waals surface area contributed by atoms with Crippen LogP contribution in [0.25, 0.3) is 5.65 Å². The van der Waals surface area contributed by atoms with Crippen molar-refractivity contribution < 1.29 is 4.79 Å². The van der Waals surface area contributed by atoms with Crippen LogP contribution in [0.1, 0.15) is 26.0 Å². The maximum atomic E-state index is 12.3. The third-order valence-corrected chi connectivity index (χ3v) is 4.78. The van der Waals surface area contributed by atoms with Gasteiger partial charge in [0.05, 0.1) is 17.3 Å². The van der Waals surface area contributed by atoms with Gasteiger partial charge in [-0.2, -0.15) is 0 Å². The van der Waals surface area contributed by atoms with Gasteiger partial charge in [-0.3, -0.25) is 23.8 Å². The molecule has 27 heavy (non-hydrogen) atoms. The van der Waals surface area contributed by atoms with E-state index < -0.39 is 0 Å². The number of amides is 1. The molecule has 3 heterocycles. The standard InChI is InChI=1S/C19H26ClN5O2/c1-14(2)21-18(26)13-24-7-3-6-23(8-9-24)12-16-10-19(27)25-11-15(20)4-5-17(25)22-16/h4-5,10-11,14H,3,6-9,12-13H2,1-2H3,(H,21,26). The number of pyridine rings is 1. The minimum atomic E-state index is -0.126. The van der Waals surface area contributed by atoms with Gasteiger partial charge in [-0.15, -0.1) is 0 Å². The molecule has 0 saturated carbocycles. The lowest BCUT2D eigenvalue weighted by Crippen LogP contribution is -2.41. The fourth-order valence-corrected chi connectivity index (χ4v) is 3.51. The highest BCUT2D eigenvalue weighted by Gasteiger charge is 2.18. The minimum Gasteiger partial charge on any atom is -0.353 e. The van der Waals surface area contributed by atoms with E-state index in [-0.39, 0.29) is 17.5 Å². The van der Waals surface area contributed by atoms with Crippen LogP contribution in [0.15, 0.2) is 29.2 Å². The molecule has 7 nitrogen and oxygen atoms in total. The van der Waals surface area contributed by atoms with E-state index in [1.54, 1.807) is 24.4 Å². The highest BCUT2D eigenvalue weighted by molar-refractivity contribution is 6.30. The van der Waals surface area contributed by atoms with Gasteiger partial charge in [0.1, 0.15) is 5.65 Å². The predicted molar refractivity (Wildman–Crippen MR) is 106 cm³/mol. The largest absolute Gasteiger partial charge is 0.353 e. The Kier molecular flexibility index (Phi) is 6.46. The summed E-state index contributed by atoms with van der Waals surface area (Å²) in [6.07, 6.45) is 2.57. The molecule has 2 aromatic heterocycles. The lowest BCUT2D eigenvalue weighted by Gasteiger charge is -2.21. The summed E-state index contributed by atoms with van der Waals surface area (Å²) in [5, 5.41) is 3.45. The summed E-state index contributed by atoms with van der Waals surface area (Å²) < 4.78 is 1.46. The first-order valence-corrected chi connectivity index (χ1v) is 9.70. The van der Waals surface area contributed by atoms with Crippen LogP contribution in [-0.2, 0) is 11.3 Å². The second-order valence-electron chi connectivity index (χ2n) is 7.29. The van der Waals surface area contributed by atoms with Gasteiger partial charge in [0, 0.05) is 37.9 Å². The predicted octanol–water partition coefficient (Wildman–Crippen LogP) is 1.38. The summed E-state index contributed by atoms with van der Waals surface area (Å²) in [7, 11) is 0. The summed E-state index contributed by atoms with van der Waals surface area (Å²) in [6.45, 7) is 8.48. The molecule has 1 saturated heterocycles.